The summed E-state index contributed by atoms with van der Waals surface area (Å²) in [4.78, 5) is 11.4. The van der Waals surface area contributed by atoms with Gasteiger partial charge in [0.25, 0.3) is 0 Å². The third kappa shape index (κ3) is 1.91. The molecule has 0 aromatic carbocycles. The third-order valence-electron chi connectivity index (χ3n) is 6.13. The van der Waals surface area contributed by atoms with E-state index in [4.69, 9.17) is 4.74 Å². The molecule has 3 rings (SSSR count). The summed E-state index contributed by atoms with van der Waals surface area (Å²) >= 11 is 0. The van der Waals surface area contributed by atoms with Crippen LogP contribution in [0.4, 0.5) is 0 Å². The van der Waals surface area contributed by atoms with Gasteiger partial charge in [0.1, 0.15) is 0 Å². The van der Waals surface area contributed by atoms with Crippen molar-refractivity contribution in [2.45, 2.75) is 51.6 Å². The van der Waals surface area contributed by atoms with Crippen molar-refractivity contribution in [3.8, 4) is 0 Å². The second-order valence-electron chi connectivity index (χ2n) is 7.30. The zero-order valence-electron chi connectivity index (χ0n) is 12.6. The van der Waals surface area contributed by atoms with Crippen LogP contribution in [0.1, 0.15) is 40.0 Å². The van der Waals surface area contributed by atoms with E-state index in [1.807, 2.05) is 0 Å². The normalized spacial score (nSPS) is 41.2. The number of rotatable bonds is 3. The summed E-state index contributed by atoms with van der Waals surface area (Å²) in [5.74, 6) is -0.324. The summed E-state index contributed by atoms with van der Waals surface area (Å²) in [5.41, 5.74) is -1.69. The first-order valence-corrected chi connectivity index (χ1v) is 9.11. The van der Waals surface area contributed by atoms with E-state index >= 15 is 0 Å². The summed E-state index contributed by atoms with van der Waals surface area (Å²) in [6.07, 6.45) is 3.12. The van der Waals surface area contributed by atoms with Gasteiger partial charge in [0.15, 0.2) is 9.84 Å². The van der Waals surface area contributed by atoms with Crippen molar-refractivity contribution in [1.82, 2.24) is 0 Å². The van der Waals surface area contributed by atoms with Crippen LogP contribution in [0.2, 0.25) is 0 Å². The van der Waals surface area contributed by atoms with Gasteiger partial charge in [-0.1, -0.05) is 13.8 Å². The van der Waals surface area contributed by atoms with Crippen molar-refractivity contribution in [1.29, 1.82) is 0 Å². The smallest absolute Gasteiger partial charge is 0.335 e. The first-order chi connectivity index (χ1) is 9.60. The lowest BCUT2D eigenvalue weighted by atomic mass is 9.70. The minimum absolute atomic E-state index is 0.119. The molecule has 1 N–H and O–H groups in total. The molecule has 21 heavy (non-hydrogen) atoms. The molecular formula is C15H22O5S. The zero-order chi connectivity index (χ0) is 15.6. The van der Waals surface area contributed by atoms with Gasteiger partial charge in [-0.05, 0) is 43.6 Å². The molecule has 1 heterocycles. The van der Waals surface area contributed by atoms with Gasteiger partial charge < -0.3 is 9.84 Å². The lowest BCUT2D eigenvalue weighted by Gasteiger charge is -2.40. The SMILES string of the molecule is CC1=C[C@H](S(=O)(=O)C[C@]23CC[C@H](C[C@H]2O)C3(C)C)OC1=O. The van der Waals surface area contributed by atoms with Crippen LogP contribution < -0.4 is 0 Å². The first-order valence-electron chi connectivity index (χ1n) is 7.39. The Bertz CT molecular complexity index is 618. The molecule has 0 radical (unpaired) electrons. The summed E-state index contributed by atoms with van der Waals surface area (Å²) in [6, 6.07) is 0. The molecule has 2 fully saturated rings. The van der Waals surface area contributed by atoms with Gasteiger partial charge in [-0.3, -0.25) is 0 Å². The van der Waals surface area contributed by atoms with Gasteiger partial charge in [-0.25, -0.2) is 13.2 Å². The van der Waals surface area contributed by atoms with Crippen LogP contribution in [0, 0.1) is 16.7 Å². The highest BCUT2D eigenvalue weighted by atomic mass is 32.2. The number of aliphatic hydroxyl groups is 1. The van der Waals surface area contributed by atoms with E-state index in [1.54, 1.807) is 6.92 Å². The molecular weight excluding hydrogens is 292 g/mol. The fourth-order valence-electron chi connectivity index (χ4n) is 4.50. The topological polar surface area (TPSA) is 80.7 Å². The quantitative estimate of drug-likeness (QED) is 0.797. The number of carbonyl (C=O) groups is 1. The fourth-order valence-corrected chi connectivity index (χ4v) is 6.74. The van der Waals surface area contributed by atoms with Crippen LogP contribution in [0.25, 0.3) is 0 Å². The molecule has 0 aromatic rings. The van der Waals surface area contributed by atoms with E-state index in [2.05, 4.69) is 13.8 Å². The molecule has 0 amide bonds. The van der Waals surface area contributed by atoms with Crippen molar-refractivity contribution < 1.29 is 23.1 Å². The summed E-state index contributed by atoms with van der Waals surface area (Å²) < 4.78 is 30.3. The van der Waals surface area contributed by atoms with Gasteiger partial charge >= 0.3 is 5.97 Å². The summed E-state index contributed by atoms with van der Waals surface area (Å²) in [6.45, 7) is 5.66. The number of aliphatic hydroxyl groups excluding tert-OH is 1. The zero-order valence-corrected chi connectivity index (χ0v) is 13.4. The van der Waals surface area contributed by atoms with Crippen LogP contribution in [-0.2, 0) is 19.4 Å². The van der Waals surface area contributed by atoms with Crippen LogP contribution in [0.15, 0.2) is 11.6 Å². The van der Waals surface area contributed by atoms with Gasteiger partial charge in [0.05, 0.1) is 11.9 Å². The Balaban J connectivity index is 1.91. The molecule has 5 nitrogen and oxygen atoms in total. The molecule has 2 bridgehead atoms. The number of ether oxygens (including phenoxy) is 1. The standard InChI is InChI=1S/C15H22O5S/c1-9-6-12(20-13(9)17)21(18,19)8-15-5-4-10(7-11(15)16)14(15,2)3/h6,10-12,16H,4-5,7-8H2,1-3H3/t10-,11-,12+,15-/m1/s1. The number of hydrogen-bond acceptors (Lipinski definition) is 5. The van der Waals surface area contributed by atoms with E-state index in [0.29, 0.717) is 24.3 Å². The van der Waals surface area contributed by atoms with E-state index in [0.717, 1.165) is 6.42 Å². The number of carbonyl (C=O) groups excluding carboxylic acids is 1. The Labute approximate surface area is 125 Å². The molecule has 1 aliphatic heterocycles. The predicted octanol–water partition coefficient (Wildman–Crippen LogP) is 1.42. The van der Waals surface area contributed by atoms with Crippen LogP contribution in [-0.4, -0.2) is 36.8 Å². The first kappa shape index (κ1) is 15.0. The summed E-state index contributed by atoms with van der Waals surface area (Å²) in [7, 11) is -3.64. The van der Waals surface area contributed by atoms with Gasteiger partial charge in [0, 0.05) is 11.0 Å². The second-order valence-corrected chi connectivity index (χ2v) is 9.37. The van der Waals surface area contributed by atoms with E-state index in [1.165, 1.54) is 6.08 Å². The van der Waals surface area contributed by atoms with Crippen molar-refractivity contribution in [2.75, 3.05) is 5.75 Å². The number of sulfone groups is 1. The minimum atomic E-state index is -3.64. The Morgan fingerprint density at radius 3 is 2.52 bits per heavy atom. The number of esters is 1. The van der Waals surface area contributed by atoms with Crippen LogP contribution >= 0.6 is 0 Å². The minimum Gasteiger partial charge on any atom is -0.438 e. The highest BCUT2D eigenvalue weighted by Gasteiger charge is 2.65. The van der Waals surface area contributed by atoms with E-state index in [9.17, 15) is 18.3 Å². The van der Waals surface area contributed by atoms with Crippen molar-refractivity contribution in [3.05, 3.63) is 11.6 Å². The van der Waals surface area contributed by atoms with E-state index in [-0.39, 0.29) is 11.2 Å². The molecule has 4 atom stereocenters. The van der Waals surface area contributed by atoms with Gasteiger partial charge in [-0.2, -0.15) is 0 Å². The average molecular weight is 314 g/mol. The Morgan fingerprint density at radius 1 is 1.43 bits per heavy atom. The molecule has 118 valence electrons. The largest absolute Gasteiger partial charge is 0.438 e. The molecule has 0 saturated heterocycles. The molecule has 2 aliphatic carbocycles. The third-order valence-corrected chi connectivity index (χ3v) is 7.99. The number of cyclic esters (lactones) is 1. The molecule has 0 unspecified atom stereocenters. The maximum absolute atomic E-state index is 12.7. The van der Waals surface area contributed by atoms with Crippen molar-refractivity contribution in [2.24, 2.45) is 16.7 Å². The monoisotopic (exact) mass is 314 g/mol. The van der Waals surface area contributed by atoms with Crippen molar-refractivity contribution in [3.63, 3.8) is 0 Å². The average Bonchev–Trinajstić information content (AvgIpc) is 2.88. The molecule has 2 saturated carbocycles. The van der Waals surface area contributed by atoms with Crippen molar-refractivity contribution >= 4 is 15.8 Å². The maximum Gasteiger partial charge on any atom is 0.335 e. The van der Waals surface area contributed by atoms with Crippen LogP contribution in [0.5, 0.6) is 0 Å². The number of hydrogen-bond donors (Lipinski definition) is 1. The Kier molecular flexibility index (Phi) is 3.09. The fraction of sp³-hybridized carbons (Fsp3) is 0.800. The molecule has 6 heteroatoms. The lowest BCUT2D eigenvalue weighted by Crippen LogP contribution is -2.46. The molecule has 0 spiro atoms. The highest BCUT2D eigenvalue weighted by Crippen LogP contribution is 2.66. The highest BCUT2D eigenvalue weighted by molar-refractivity contribution is 7.92. The second kappa shape index (κ2) is 4.32. The van der Waals surface area contributed by atoms with Crippen LogP contribution in [0.3, 0.4) is 0 Å². The maximum atomic E-state index is 12.7. The molecule has 3 aliphatic rings. The lowest BCUT2D eigenvalue weighted by molar-refractivity contribution is -0.137. The Morgan fingerprint density at radius 2 is 2.10 bits per heavy atom. The number of fused-ring (bicyclic) bond motifs is 2. The van der Waals surface area contributed by atoms with E-state index < -0.39 is 32.8 Å². The summed E-state index contributed by atoms with van der Waals surface area (Å²) in [5, 5.41) is 10.4. The van der Waals surface area contributed by atoms with Gasteiger partial charge in [-0.15, -0.1) is 0 Å². The molecule has 0 aromatic heterocycles. The Hall–Kier alpha value is -0.880. The predicted molar refractivity (Wildman–Crippen MR) is 77.0 cm³/mol. The van der Waals surface area contributed by atoms with Gasteiger partial charge in [0.2, 0.25) is 5.44 Å².